The average Bonchev–Trinajstić information content (AvgIpc) is 3.04. The number of carbonyl (C=O) groups is 2. The lowest BCUT2D eigenvalue weighted by atomic mass is 10.0. The van der Waals surface area contributed by atoms with Gasteiger partial charge in [-0.05, 0) is 43.0 Å². The van der Waals surface area contributed by atoms with Crippen molar-refractivity contribution in [2.24, 2.45) is 5.92 Å². The second kappa shape index (κ2) is 9.41. The molecule has 11 heteroatoms. The van der Waals surface area contributed by atoms with Crippen LogP contribution in [0.1, 0.15) is 31.2 Å². The first kappa shape index (κ1) is 23.6. The van der Waals surface area contributed by atoms with E-state index in [0.717, 1.165) is 16.5 Å². The molecule has 0 unspecified atom stereocenters. The summed E-state index contributed by atoms with van der Waals surface area (Å²) in [6.45, 7) is 0.319. The number of aliphatic carboxylic acids is 2. The van der Waals surface area contributed by atoms with Crippen molar-refractivity contribution in [3.63, 3.8) is 0 Å². The second-order valence-electron chi connectivity index (χ2n) is 6.94. The lowest BCUT2D eigenvalue weighted by molar-refractivity contribution is -0.192. The summed E-state index contributed by atoms with van der Waals surface area (Å²) in [4.78, 5) is 19.9. The van der Waals surface area contributed by atoms with E-state index in [9.17, 15) is 26.7 Å². The molecule has 1 heterocycles. The Kier molecular flexibility index (Phi) is 7.40. The number of carboxylic acid groups (broad SMARTS) is 2. The van der Waals surface area contributed by atoms with Gasteiger partial charge in [-0.1, -0.05) is 6.07 Å². The van der Waals surface area contributed by atoms with Crippen molar-refractivity contribution >= 4 is 22.9 Å². The van der Waals surface area contributed by atoms with Crippen LogP contribution in [0.2, 0.25) is 0 Å². The van der Waals surface area contributed by atoms with E-state index in [1.165, 1.54) is 0 Å². The monoisotopic (exact) mass is 437 g/mol. The minimum atomic E-state index is -5.08. The molecular weight excluding hydrogens is 417 g/mol. The molecular formula is C19H20F5NO5. The molecule has 0 amide bonds. The van der Waals surface area contributed by atoms with Crippen molar-refractivity contribution in [2.75, 3.05) is 0 Å². The molecule has 166 valence electrons. The van der Waals surface area contributed by atoms with Crippen LogP contribution in [-0.2, 0) is 16.1 Å². The fourth-order valence-electron chi connectivity index (χ4n) is 3.13. The molecule has 0 aliphatic heterocycles. The first-order valence-corrected chi connectivity index (χ1v) is 9.00. The Morgan fingerprint density at radius 2 is 1.80 bits per heavy atom. The van der Waals surface area contributed by atoms with E-state index in [0.29, 0.717) is 6.54 Å². The van der Waals surface area contributed by atoms with E-state index in [1.54, 1.807) is 6.26 Å². The van der Waals surface area contributed by atoms with Gasteiger partial charge >= 0.3 is 18.1 Å². The van der Waals surface area contributed by atoms with Crippen LogP contribution in [0.3, 0.4) is 0 Å². The fourth-order valence-corrected chi connectivity index (χ4v) is 3.13. The predicted octanol–water partition coefficient (Wildman–Crippen LogP) is 4.43. The van der Waals surface area contributed by atoms with Gasteiger partial charge in [-0.25, -0.2) is 13.6 Å². The normalized spacial score (nSPS) is 21.4. The number of alkyl halides is 5. The number of carboxylic acids is 2. The zero-order valence-electron chi connectivity index (χ0n) is 15.6. The van der Waals surface area contributed by atoms with Crippen LogP contribution in [0, 0.1) is 5.92 Å². The maximum Gasteiger partial charge on any atom is 0.490 e. The molecule has 0 spiro atoms. The van der Waals surface area contributed by atoms with E-state index in [2.05, 4.69) is 5.32 Å². The number of furan rings is 1. The number of fused-ring (bicyclic) bond motifs is 1. The van der Waals surface area contributed by atoms with Crippen LogP contribution in [0.15, 0.2) is 34.9 Å². The molecule has 1 fully saturated rings. The lowest BCUT2D eigenvalue weighted by Gasteiger charge is -2.25. The van der Waals surface area contributed by atoms with Gasteiger partial charge in [-0.3, -0.25) is 4.79 Å². The first-order chi connectivity index (χ1) is 13.9. The van der Waals surface area contributed by atoms with Crippen molar-refractivity contribution in [1.29, 1.82) is 0 Å². The third-order valence-corrected chi connectivity index (χ3v) is 4.80. The SMILES string of the molecule is O=C(O)C(F)(F)F.O=C(O)[C@@H]1CC[C@@H](NCc2ccc3occc3c2)C(F)(F)CC1. The van der Waals surface area contributed by atoms with Crippen molar-refractivity contribution < 1.29 is 46.2 Å². The van der Waals surface area contributed by atoms with Crippen LogP contribution in [0.4, 0.5) is 22.0 Å². The molecule has 3 N–H and O–H groups in total. The van der Waals surface area contributed by atoms with Crippen molar-refractivity contribution in [2.45, 2.75) is 50.4 Å². The fraction of sp³-hybridized carbons (Fsp3) is 0.474. The number of hydrogen-bond acceptors (Lipinski definition) is 4. The molecule has 1 aromatic carbocycles. The van der Waals surface area contributed by atoms with Gasteiger partial charge < -0.3 is 19.9 Å². The van der Waals surface area contributed by atoms with Crippen LogP contribution in [0.25, 0.3) is 11.0 Å². The lowest BCUT2D eigenvalue weighted by Crippen LogP contribution is -2.43. The Bertz CT molecular complexity index is 880. The maximum absolute atomic E-state index is 14.2. The predicted molar refractivity (Wildman–Crippen MR) is 95.1 cm³/mol. The number of nitrogens with one attached hydrogen (secondary N) is 1. The van der Waals surface area contributed by atoms with Crippen molar-refractivity contribution in [3.8, 4) is 0 Å². The Hall–Kier alpha value is -2.69. The van der Waals surface area contributed by atoms with E-state index >= 15 is 0 Å². The van der Waals surface area contributed by atoms with Crippen LogP contribution in [0.5, 0.6) is 0 Å². The molecule has 1 aliphatic carbocycles. The van der Waals surface area contributed by atoms with Crippen LogP contribution in [-0.4, -0.2) is 40.3 Å². The highest BCUT2D eigenvalue weighted by molar-refractivity contribution is 5.77. The number of rotatable bonds is 4. The highest BCUT2D eigenvalue weighted by Gasteiger charge is 2.43. The molecule has 0 bridgehead atoms. The third-order valence-electron chi connectivity index (χ3n) is 4.80. The van der Waals surface area contributed by atoms with E-state index in [1.807, 2.05) is 24.3 Å². The summed E-state index contributed by atoms with van der Waals surface area (Å²) in [6.07, 6.45) is -3.40. The second-order valence-corrected chi connectivity index (χ2v) is 6.94. The Morgan fingerprint density at radius 3 is 2.40 bits per heavy atom. The quantitative estimate of drug-likeness (QED) is 0.483. The summed E-state index contributed by atoms with van der Waals surface area (Å²) >= 11 is 0. The largest absolute Gasteiger partial charge is 0.490 e. The Morgan fingerprint density at radius 1 is 1.13 bits per heavy atom. The third kappa shape index (κ3) is 6.41. The van der Waals surface area contributed by atoms with Gasteiger partial charge in [0.25, 0.3) is 5.92 Å². The van der Waals surface area contributed by atoms with Crippen LogP contribution >= 0.6 is 0 Å². The molecule has 3 rings (SSSR count). The van der Waals surface area contributed by atoms with Gasteiger partial charge in [0.15, 0.2) is 0 Å². The van der Waals surface area contributed by atoms with Crippen LogP contribution < -0.4 is 5.32 Å². The smallest absolute Gasteiger partial charge is 0.481 e. The Balaban J connectivity index is 0.000000396. The van der Waals surface area contributed by atoms with Gasteiger partial charge in [-0.15, -0.1) is 0 Å². The van der Waals surface area contributed by atoms with Gasteiger partial charge in [0.1, 0.15) is 5.58 Å². The van der Waals surface area contributed by atoms with Gasteiger partial charge in [0.05, 0.1) is 18.2 Å². The van der Waals surface area contributed by atoms with Gasteiger partial charge in [0.2, 0.25) is 0 Å². The van der Waals surface area contributed by atoms with Crippen molar-refractivity contribution in [1.82, 2.24) is 5.32 Å². The van der Waals surface area contributed by atoms with E-state index < -0.39 is 36.0 Å². The highest BCUT2D eigenvalue weighted by atomic mass is 19.4. The molecule has 0 radical (unpaired) electrons. The summed E-state index contributed by atoms with van der Waals surface area (Å²) in [5, 5.41) is 20.0. The standard InChI is InChI=1S/C17H19F2NO3.C2HF3O2/c18-17(19)7-5-12(16(21)22)2-4-15(17)20-10-11-1-3-14-13(9-11)6-8-23-14;3-2(4,5)1(6)7/h1,3,6,8-9,12,15,20H,2,4-5,7,10H2,(H,21,22);(H,6,7)/t12-,15-;/m1./s1. The molecule has 2 atom stereocenters. The van der Waals surface area contributed by atoms with Crippen molar-refractivity contribution in [3.05, 3.63) is 36.1 Å². The minimum Gasteiger partial charge on any atom is -0.481 e. The summed E-state index contributed by atoms with van der Waals surface area (Å²) in [6, 6.07) is 6.40. The molecule has 1 aliphatic rings. The van der Waals surface area contributed by atoms with E-state index in [-0.39, 0.29) is 25.7 Å². The first-order valence-electron chi connectivity index (χ1n) is 9.00. The number of halogens is 5. The molecule has 30 heavy (non-hydrogen) atoms. The summed E-state index contributed by atoms with van der Waals surface area (Å²) in [7, 11) is 0. The zero-order chi connectivity index (χ0) is 22.5. The summed E-state index contributed by atoms with van der Waals surface area (Å²) in [5.41, 5.74) is 1.66. The maximum atomic E-state index is 14.2. The molecule has 1 saturated carbocycles. The summed E-state index contributed by atoms with van der Waals surface area (Å²) in [5.74, 6) is -7.29. The number of benzene rings is 1. The molecule has 2 aromatic rings. The van der Waals surface area contributed by atoms with E-state index in [4.69, 9.17) is 19.4 Å². The molecule has 6 nitrogen and oxygen atoms in total. The van der Waals surface area contributed by atoms with Gasteiger partial charge in [0, 0.05) is 18.4 Å². The number of hydrogen-bond donors (Lipinski definition) is 3. The highest BCUT2D eigenvalue weighted by Crippen LogP contribution is 2.35. The topological polar surface area (TPSA) is 99.8 Å². The molecule has 1 aromatic heterocycles. The zero-order valence-corrected chi connectivity index (χ0v) is 15.6. The minimum absolute atomic E-state index is 0.0293. The van der Waals surface area contributed by atoms with Gasteiger partial charge in [-0.2, -0.15) is 13.2 Å². The molecule has 0 saturated heterocycles. The average molecular weight is 437 g/mol. The summed E-state index contributed by atoms with van der Waals surface area (Å²) < 4.78 is 65.4. The Labute approximate surface area is 167 Å².